The average molecular weight is 322 g/mol. The molecule has 2 aromatic heterocycles. The zero-order valence-corrected chi connectivity index (χ0v) is 13.1. The van der Waals surface area contributed by atoms with Crippen LogP contribution in [0.2, 0.25) is 0 Å². The van der Waals surface area contributed by atoms with E-state index in [1.807, 2.05) is 36.4 Å². The van der Waals surface area contributed by atoms with E-state index in [-0.39, 0.29) is 5.56 Å². The first kappa shape index (κ1) is 14.0. The Morgan fingerprint density at radius 3 is 2.83 bits per heavy atom. The van der Waals surface area contributed by atoms with Crippen molar-refractivity contribution >= 4 is 23.3 Å². The van der Waals surface area contributed by atoms with Gasteiger partial charge >= 0.3 is 0 Å². The second-order valence-corrected chi connectivity index (χ2v) is 6.31. The lowest BCUT2D eigenvalue weighted by Crippen LogP contribution is -2.24. The number of benzene rings is 1. The van der Waals surface area contributed by atoms with E-state index >= 15 is 0 Å². The zero-order valence-electron chi connectivity index (χ0n) is 12.3. The molecule has 23 heavy (non-hydrogen) atoms. The lowest BCUT2D eigenvalue weighted by atomic mass is 10.1. The van der Waals surface area contributed by atoms with Crippen molar-refractivity contribution in [2.75, 3.05) is 0 Å². The summed E-state index contributed by atoms with van der Waals surface area (Å²) in [7, 11) is 0. The number of para-hydroxylation sites is 1. The van der Waals surface area contributed by atoms with Gasteiger partial charge in [0.05, 0.1) is 5.69 Å². The maximum Gasteiger partial charge on any atom is 0.272 e. The predicted molar refractivity (Wildman–Crippen MR) is 91.5 cm³/mol. The lowest BCUT2D eigenvalue weighted by molar-refractivity contribution is 0.868. The van der Waals surface area contributed by atoms with Crippen LogP contribution in [0.3, 0.4) is 0 Å². The highest BCUT2D eigenvalue weighted by atomic mass is 32.2. The van der Waals surface area contributed by atoms with Gasteiger partial charge in [0.1, 0.15) is 5.84 Å². The number of nitrogens with zero attached hydrogens (tertiary/aromatic N) is 3. The van der Waals surface area contributed by atoms with Gasteiger partial charge < -0.3 is 0 Å². The number of rotatable bonds is 3. The summed E-state index contributed by atoms with van der Waals surface area (Å²) in [6, 6.07) is 13.5. The van der Waals surface area contributed by atoms with E-state index in [2.05, 4.69) is 15.1 Å². The van der Waals surface area contributed by atoms with Crippen molar-refractivity contribution in [2.24, 2.45) is 4.99 Å². The molecule has 1 aliphatic heterocycles. The summed E-state index contributed by atoms with van der Waals surface area (Å²) in [5.41, 5.74) is 2.91. The highest BCUT2D eigenvalue weighted by molar-refractivity contribution is 7.98. The number of nitrogens with one attached hydrogen (secondary N) is 1. The van der Waals surface area contributed by atoms with Gasteiger partial charge in [-0.05, 0) is 23.8 Å². The van der Waals surface area contributed by atoms with Gasteiger partial charge in [-0.2, -0.15) is 0 Å². The fourth-order valence-electron chi connectivity index (χ4n) is 2.55. The van der Waals surface area contributed by atoms with Crippen molar-refractivity contribution in [2.45, 2.75) is 17.1 Å². The molecule has 0 bridgehead atoms. The molecule has 114 valence electrons. The molecule has 0 fully saturated rings. The normalized spacial score (nSPS) is 13.0. The van der Waals surface area contributed by atoms with E-state index < -0.39 is 0 Å². The topological polar surface area (TPSA) is 63.0 Å². The molecule has 3 heterocycles. The first-order valence-electron chi connectivity index (χ1n) is 7.29. The quantitative estimate of drug-likeness (QED) is 0.754. The highest BCUT2D eigenvalue weighted by Gasteiger charge is 2.17. The largest absolute Gasteiger partial charge is 0.293 e. The SMILES string of the molecule is O=c1cc(CSc2ccncc2)[nH]n1C1=Nc2ccccc2C1. The molecule has 0 spiro atoms. The summed E-state index contributed by atoms with van der Waals surface area (Å²) < 4.78 is 1.54. The van der Waals surface area contributed by atoms with E-state index in [0.29, 0.717) is 12.2 Å². The Balaban J connectivity index is 1.54. The minimum absolute atomic E-state index is 0.0677. The van der Waals surface area contributed by atoms with Crippen LogP contribution >= 0.6 is 11.8 Å². The molecule has 4 rings (SSSR count). The molecular formula is C17H14N4OS. The standard InChI is InChI=1S/C17H14N4OS/c22-17-10-13(11-23-14-5-7-18-8-6-14)20-21(17)16-9-12-3-1-2-4-15(12)19-16/h1-8,10,20H,9,11H2. The number of thioether (sulfide) groups is 1. The van der Waals surface area contributed by atoms with Gasteiger partial charge in [-0.15, -0.1) is 11.8 Å². The molecule has 0 saturated heterocycles. The fraction of sp³-hybridized carbons (Fsp3) is 0.118. The molecule has 0 radical (unpaired) electrons. The number of pyridine rings is 1. The van der Waals surface area contributed by atoms with Crippen molar-refractivity contribution < 1.29 is 0 Å². The van der Waals surface area contributed by atoms with Crippen LogP contribution in [0, 0.1) is 0 Å². The van der Waals surface area contributed by atoms with E-state index in [4.69, 9.17) is 0 Å². The Morgan fingerprint density at radius 2 is 2.00 bits per heavy atom. The number of H-pyrrole nitrogens is 1. The first-order chi connectivity index (χ1) is 11.3. The van der Waals surface area contributed by atoms with E-state index in [0.717, 1.165) is 27.7 Å². The zero-order chi connectivity index (χ0) is 15.6. The van der Waals surface area contributed by atoms with Gasteiger partial charge in [0.2, 0.25) is 0 Å². The van der Waals surface area contributed by atoms with Gasteiger partial charge in [0, 0.05) is 41.2 Å². The average Bonchev–Trinajstić information content (AvgIpc) is 3.17. The van der Waals surface area contributed by atoms with Gasteiger partial charge in [-0.1, -0.05) is 18.2 Å². The molecular weight excluding hydrogens is 308 g/mol. The molecule has 5 nitrogen and oxygen atoms in total. The molecule has 0 unspecified atom stereocenters. The molecule has 1 aliphatic rings. The molecule has 3 aromatic rings. The Hall–Kier alpha value is -2.60. The van der Waals surface area contributed by atoms with Crippen LogP contribution in [0.5, 0.6) is 0 Å². The van der Waals surface area contributed by atoms with Crippen LogP contribution in [0.4, 0.5) is 5.69 Å². The van der Waals surface area contributed by atoms with Crippen LogP contribution in [0.15, 0.2) is 69.5 Å². The summed E-state index contributed by atoms with van der Waals surface area (Å²) in [6.45, 7) is 0. The molecule has 0 saturated carbocycles. The smallest absolute Gasteiger partial charge is 0.272 e. The first-order valence-corrected chi connectivity index (χ1v) is 8.28. The Labute approximate surface area is 137 Å². The monoisotopic (exact) mass is 322 g/mol. The lowest BCUT2D eigenvalue weighted by Gasteiger charge is -2.01. The van der Waals surface area contributed by atoms with E-state index in [9.17, 15) is 4.79 Å². The third-order valence-corrected chi connectivity index (χ3v) is 4.73. The molecule has 0 aliphatic carbocycles. The number of aromatic nitrogens is 3. The van der Waals surface area contributed by atoms with Crippen molar-refractivity contribution in [3.8, 4) is 0 Å². The predicted octanol–water partition coefficient (Wildman–Crippen LogP) is 3.00. The Bertz CT molecular complexity index is 927. The van der Waals surface area contributed by atoms with Crippen LogP contribution in [-0.2, 0) is 12.2 Å². The van der Waals surface area contributed by atoms with Crippen LogP contribution < -0.4 is 5.56 Å². The Morgan fingerprint density at radius 1 is 1.17 bits per heavy atom. The summed E-state index contributed by atoms with van der Waals surface area (Å²) in [4.78, 5) is 21.9. The summed E-state index contributed by atoms with van der Waals surface area (Å²) in [5, 5.41) is 3.17. The van der Waals surface area contributed by atoms with E-state index in [1.54, 1.807) is 34.9 Å². The van der Waals surface area contributed by atoms with Gasteiger partial charge in [-0.3, -0.25) is 14.9 Å². The van der Waals surface area contributed by atoms with Gasteiger partial charge in [-0.25, -0.2) is 9.67 Å². The number of hydrogen-bond acceptors (Lipinski definition) is 4. The second-order valence-electron chi connectivity index (χ2n) is 5.26. The number of aliphatic imine (C=N–C) groups is 1. The number of fused-ring (bicyclic) bond motifs is 1. The summed E-state index contributed by atoms with van der Waals surface area (Å²) in [5.74, 6) is 1.45. The third kappa shape index (κ3) is 2.85. The van der Waals surface area contributed by atoms with Gasteiger partial charge in [0.25, 0.3) is 5.56 Å². The van der Waals surface area contributed by atoms with Crippen molar-refractivity contribution in [3.63, 3.8) is 0 Å². The minimum Gasteiger partial charge on any atom is -0.293 e. The van der Waals surface area contributed by atoms with Gasteiger partial charge in [0.15, 0.2) is 0 Å². The maximum atomic E-state index is 12.2. The maximum absolute atomic E-state index is 12.2. The van der Waals surface area contributed by atoms with Crippen molar-refractivity contribution in [3.05, 3.63) is 76.5 Å². The van der Waals surface area contributed by atoms with Crippen LogP contribution in [-0.4, -0.2) is 20.6 Å². The minimum atomic E-state index is -0.0677. The second kappa shape index (κ2) is 5.89. The molecule has 0 amide bonds. The molecule has 6 heteroatoms. The molecule has 1 aromatic carbocycles. The van der Waals surface area contributed by atoms with Crippen LogP contribution in [0.1, 0.15) is 11.3 Å². The van der Waals surface area contributed by atoms with E-state index in [1.165, 1.54) is 0 Å². The fourth-order valence-corrected chi connectivity index (χ4v) is 3.34. The van der Waals surface area contributed by atoms with Crippen molar-refractivity contribution in [1.82, 2.24) is 14.8 Å². The molecule has 0 atom stereocenters. The van der Waals surface area contributed by atoms with Crippen LogP contribution in [0.25, 0.3) is 0 Å². The van der Waals surface area contributed by atoms with Crippen molar-refractivity contribution in [1.29, 1.82) is 0 Å². The molecule has 1 N–H and O–H groups in total. The number of aromatic amines is 1. The number of hydrogen-bond donors (Lipinski definition) is 1. The summed E-state index contributed by atoms with van der Waals surface area (Å²) >= 11 is 1.66. The Kier molecular flexibility index (Phi) is 3.59. The summed E-state index contributed by atoms with van der Waals surface area (Å²) in [6.07, 6.45) is 4.20. The third-order valence-electron chi connectivity index (χ3n) is 3.67. The highest BCUT2D eigenvalue weighted by Crippen LogP contribution is 2.26.